The molecule has 0 unspecified atom stereocenters. The predicted octanol–water partition coefficient (Wildman–Crippen LogP) is 6.56. The minimum atomic E-state index is 0.489. The van der Waals surface area contributed by atoms with Crippen molar-refractivity contribution >= 4 is 22.4 Å². The summed E-state index contributed by atoms with van der Waals surface area (Å²) < 4.78 is 0. The number of rotatable bonds is 5. The average molecular weight is 448 g/mol. The zero-order valence-corrected chi connectivity index (χ0v) is 20.0. The maximum Gasteiger partial charge on any atom is 0.223 e. The van der Waals surface area contributed by atoms with Crippen LogP contribution < -0.4 is 10.2 Å². The van der Waals surface area contributed by atoms with E-state index in [0.29, 0.717) is 6.04 Å². The van der Waals surface area contributed by atoms with Crippen molar-refractivity contribution in [2.45, 2.75) is 64.8 Å². The van der Waals surface area contributed by atoms with Gasteiger partial charge in [0.25, 0.3) is 0 Å². The van der Waals surface area contributed by atoms with Gasteiger partial charge in [-0.15, -0.1) is 0 Å². The molecule has 0 amide bonds. The number of hydrogen-bond acceptors (Lipinski definition) is 6. The Kier molecular flexibility index (Phi) is 6.39. The molecule has 3 heterocycles. The zero-order chi connectivity index (χ0) is 21.9. The quantitative estimate of drug-likeness (QED) is 0.480. The van der Waals surface area contributed by atoms with Gasteiger partial charge >= 0.3 is 0 Å². The molecule has 32 heavy (non-hydrogen) atoms. The first kappa shape index (κ1) is 21.4. The van der Waals surface area contributed by atoms with Crippen LogP contribution >= 0.6 is 11.3 Å². The second kappa shape index (κ2) is 9.57. The molecule has 1 aliphatic carbocycles. The Morgan fingerprint density at radius 1 is 1.00 bits per heavy atom. The van der Waals surface area contributed by atoms with Gasteiger partial charge in [-0.3, -0.25) is 0 Å². The summed E-state index contributed by atoms with van der Waals surface area (Å²) in [5, 5.41) is 4.70. The van der Waals surface area contributed by atoms with Gasteiger partial charge in [0.15, 0.2) is 5.13 Å². The molecule has 6 heteroatoms. The molecule has 5 rings (SSSR count). The summed E-state index contributed by atoms with van der Waals surface area (Å²) in [6, 6.07) is 11.2. The summed E-state index contributed by atoms with van der Waals surface area (Å²) in [6.45, 7) is 6.66. The van der Waals surface area contributed by atoms with Crippen LogP contribution in [0.1, 0.15) is 57.4 Å². The van der Waals surface area contributed by atoms with Crippen LogP contribution in [0.15, 0.2) is 36.5 Å². The van der Waals surface area contributed by atoms with E-state index in [2.05, 4.69) is 53.3 Å². The molecule has 168 valence electrons. The maximum atomic E-state index is 5.16. The van der Waals surface area contributed by atoms with E-state index >= 15 is 0 Å². The molecular weight excluding hydrogens is 414 g/mol. The standard InChI is InChI=1S/C26H33N5S/c1-18-12-15-31(16-13-18)26-30-23(20-8-6-7-19(2)17-20)24(32-26)22-11-14-27-25(29-22)28-21-9-4-3-5-10-21/h6-8,11,14,17-18,21H,3-5,9-10,12-13,15-16H2,1-2H3,(H,27,28,29). The van der Waals surface area contributed by atoms with E-state index in [1.165, 1.54) is 50.5 Å². The minimum Gasteiger partial charge on any atom is -0.351 e. The van der Waals surface area contributed by atoms with Crippen molar-refractivity contribution < 1.29 is 0 Å². The number of nitrogens with one attached hydrogen (secondary N) is 1. The molecule has 3 aromatic rings. The fraction of sp³-hybridized carbons (Fsp3) is 0.500. The van der Waals surface area contributed by atoms with Crippen molar-refractivity contribution in [3.8, 4) is 21.8 Å². The van der Waals surface area contributed by atoms with Crippen molar-refractivity contribution in [2.75, 3.05) is 23.3 Å². The molecule has 1 N–H and O–H groups in total. The van der Waals surface area contributed by atoms with Crippen molar-refractivity contribution in [1.82, 2.24) is 15.0 Å². The Hall–Kier alpha value is -2.47. The van der Waals surface area contributed by atoms with E-state index in [1.54, 1.807) is 11.3 Å². The second-order valence-corrected chi connectivity index (χ2v) is 10.4. The summed E-state index contributed by atoms with van der Waals surface area (Å²) in [4.78, 5) is 18.2. The molecular formula is C26H33N5S. The molecule has 0 radical (unpaired) electrons. The first-order chi connectivity index (χ1) is 15.7. The van der Waals surface area contributed by atoms with E-state index in [1.807, 2.05) is 12.3 Å². The van der Waals surface area contributed by atoms with Crippen molar-refractivity contribution in [3.63, 3.8) is 0 Å². The first-order valence-electron chi connectivity index (χ1n) is 12.1. The van der Waals surface area contributed by atoms with Crippen LogP contribution in [0.5, 0.6) is 0 Å². The van der Waals surface area contributed by atoms with Gasteiger partial charge in [-0.1, -0.05) is 61.3 Å². The number of aromatic nitrogens is 3. The van der Waals surface area contributed by atoms with E-state index in [0.717, 1.165) is 51.9 Å². The van der Waals surface area contributed by atoms with Crippen LogP contribution in [0, 0.1) is 12.8 Å². The normalized spacial score (nSPS) is 18.1. The van der Waals surface area contributed by atoms with Gasteiger partial charge in [0.05, 0.1) is 16.3 Å². The highest BCUT2D eigenvalue weighted by molar-refractivity contribution is 7.19. The SMILES string of the molecule is Cc1cccc(-c2nc(N3CCC(C)CC3)sc2-c2ccnc(NC3CCCCC3)n2)c1. The Labute approximate surface area is 195 Å². The van der Waals surface area contributed by atoms with Crippen LogP contribution in [0.2, 0.25) is 0 Å². The van der Waals surface area contributed by atoms with Crippen LogP contribution in [-0.2, 0) is 0 Å². The summed E-state index contributed by atoms with van der Waals surface area (Å²) in [6.07, 6.45) is 10.7. The maximum absolute atomic E-state index is 5.16. The lowest BCUT2D eigenvalue weighted by molar-refractivity contribution is 0.438. The number of piperidine rings is 1. The van der Waals surface area contributed by atoms with Crippen LogP contribution in [-0.4, -0.2) is 34.1 Å². The third-order valence-electron chi connectivity index (χ3n) is 6.79. The topological polar surface area (TPSA) is 53.9 Å². The van der Waals surface area contributed by atoms with E-state index in [9.17, 15) is 0 Å². The molecule has 0 atom stereocenters. The average Bonchev–Trinajstić information content (AvgIpc) is 3.26. The molecule has 1 saturated heterocycles. The molecule has 5 nitrogen and oxygen atoms in total. The molecule has 1 aliphatic heterocycles. The summed E-state index contributed by atoms with van der Waals surface area (Å²) in [5.41, 5.74) is 4.41. The van der Waals surface area contributed by atoms with Crippen molar-refractivity contribution in [1.29, 1.82) is 0 Å². The second-order valence-electron chi connectivity index (χ2n) is 9.46. The van der Waals surface area contributed by atoms with Crippen molar-refractivity contribution in [3.05, 3.63) is 42.1 Å². The summed E-state index contributed by atoms with van der Waals surface area (Å²) in [7, 11) is 0. The molecule has 1 saturated carbocycles. The van der Waals surface area contributed by atoms with Crippen LogP contribution in [0.4, 0.5) is 11.1 Å². The largest absolute Gasteiger partial charge is 0.351 e. The summed E-state index contributed by atoms with van der Waals surface area (Å²) in [5.74, 6) is 1.54. The first-order valence-corrected chi connectivity index (χ1v) is 12.9. The number of hydrogen-bond donors (Lipinski definition) is 1. The number of benzene rings is 1. The zero-order valence-electron chi connectivity index (χ0n) is 19.2. The predicted molar refractivity (Wildman–Crippen MR) is 134 cm³/mol. The Morgan fingerprint density at radius 2 is 1.81 bits per heavy atom. The highest BCUT2D eigenvalue weighted by Gasteiger charge is 2.23. The van der Waals surface area contributed by atoms with Gasteiger partial charge in [-0.25, -0.2) is 15.0 Å². The minimum absolute atomic E-state index is 0.489. The molecule has 1 aromatic carbocycles. The molecule has 2 aromatic heterocycles. The Morgan fingerprint density at radius 3 is 2.59 bits per heavy atom. The molecule has 0 spiro atoms. The van der Waals surface area contributed by atoms with E-state index in [4.69, 9.17) is 9.97 Å². The molecule has 2 fully saturated rings. The molecule has 2 aliphatic rings. The third kappa shape index (κ3) is 4.80. The van der Waals surface area contributed by atoms with Gasteiger partial charge in [0.2, 0.25) is 5.95 Å². The fourth-order valence-electron chi connectivity index (χ4n) is 4.79. The van der Waals surface area contributed by atoms with Crippen LogP contribution in [0.3, 0.4) is 0 Å². The van der Waals surface area contributed by atoms with Crippen LogP contribution in [0.25, 0.3) is 21.8 Å². The lowest BCUT2D eigenvalue weighted by Gasteiger charge is -2.29. The van der Waals surface area contributed by atoms with Gasteiger partial charge in [0.1, 0.15) is 0 Å². The number of nitrogens with zero attached hydrogens (tertiary/aromatic N) is 4. The number of aryl methyl sites for hydroxylation is 1. The van der Waals surface area contributed by atoms with Gasteiger partial charge in [0, 0.05) is 30.9 Å². The van der Waals surface area contributed by atoms with E-state index < -0.39 is 0 Å². The lowest BCUT2D eigenvalue weighted by atomic mass is 9.96. The van der Waals surface area contributed by atoms with Gasteiger partial charge < -0.3 is 10.2 Å². The van der Waals surface area contributed by atoms with Gasteiger partial charge in [-0.2, -0.15) is 0 Å². The fourth-order valence-corrected chi connectivity index (χ4v) is 5.90. The highest BCUT2D eigenvalue weighted by atomic mass is 32.1. The lowest BCUT2D eigenvalue weighted by Crippen LogP contribution is -2.32. The smallest absolute Gasteiger partial charge is 0.223 e. The van der Waals surface area contributed by atoms with E-state index in [-0.39, 0.29) is 0 Å². The van der Waals surface area contributed by atoms with Crippen molar-refractivity contribution in [2.24, 2.45) is 5.92 Å². The Balaban J connectivity index is 1.50. The molecule has 0 bridgehead atoms. The summed E-state index contributed by atoms with van der Waals surface area (Å²) >= 11 is 1.77. The monoisotopic (exact) mass is 447 g/mol. The van der Waals surface area contributed by atoms with Gasteiger partial charge in [-0.05, 0) is 50.7 Å². The number of thiazole rings is 1. The Bertz CT molecular complexity index is 1050. The number of anilines is 2. The highest BCUT2D eigenvalue weighted by Crippen LogP contribution is 2.41. The third-order valence-corrected chi connectivity index (χ3v) is 7.93.